The van der Waals surface area contributed by atoms with Crippen molar-refractivity contribution in [1.82, 2.24) is 14.5 Å². The Morgan fingerprint density at radius 2 is 2.06 bits per heavy atom. The molecule has 0 amide bonds. The van der Waals surface area contributed by atoms with Crippen LogP contribution in [0.1, 0.15) is 5.69 Å². The van der Waals surface area contributed by atoms with Gasteiger partial charge in [0.1, 0.15) is 10.8 Å². The van der Waals surface area contributed by atoms with Gasteiger partial charge in [0.2, 0.25) is 5.95 Å². The first-order chi connectivity index (χ1) is 8.59. The second-order valence-corrected chi connectivity index (χ2v) is 4.70. The molecule has 4 nitrogen and oxygen atoms in total. The summed E-state index contributed by atoms with van der Waals surface area (Å²) in [5.74, 6) is 0.416. The minimum atomic E-state index is 0.416. The number of aryl methyl sites for hydroxylation is 1. The Morgan fingerprint density at radius 3 is 2.72 bits per heavy atom. The molecule has 2 heterocycles. The second kappa shape index (κ2) is 3.78. The number of fused-ring (bicyclic) bond motifs is 1. The molecule has 0 spiro atoms. The third-order valence-corrected chi connectivity index (χ3v) is 3.62. The Hall–Kier alpha value is -1.94. The van der Waals surface area contributed by atoms with Crippen LogP contribution in [0, 0.1) is 6.92 Å². The third-order valence-electron chi connectivity index (χ3n) is 3.19. The fraction of sp³-hybridized carbons (Fsp3) is 0.154. The van der Waals surface area contributed by atoms with Gasteiger partial charge < -0.3 is 15.3 Å². The van der Waals surface area contributed by atoms with Gasteiger partial charge in [0.05, 0.1) is 0 Å². The predicted molar refractivity (Wildman–Crippen MR) is 74.7 cm³/mol. The van der Waals surface area contributed by atoms with Crippen LogP contribution < -0.4 is 5.73 Å². The summed E-state index contributed by atoms with van der Waals surface area (Å²) in [4.78, 5) is 7.68. The van der Waals surface area contributed by atoms with Gasteiger partial charge in [-0.2, -0.15) is 0 Å². The molecular formula is C13H13ClN4. The smallest absolute Gasteiger partial charge is 0.201 e. The maximum atomic E-state index is 6.28. The molecule has 2 aromatic heterocycles. The van der Waals surface area contributed by atoms with Crippen LogP contribution in [0.2, 0.25) is 5.15 Å². The summed E-state index contributed by atoms with van der Waals surface area (Å²) in [6.45, 7) is 2.01. The zero-order valence-corrected chi connectivity index (χ0v) is 10.9. The molecule has 3 rings (SSSR count). The lowest BCUT2D eigenvalue weighted by Crippen LogP contribution is -1.96. The van der Waals surface area contributed by atoms with E-state index in [-0.39, 0.29) is 0 Å². The number of hydrogen-bond donors (Lipinski definition) is 2. The van der Waals surface area contributed by atoms with E-state index in [0.717, 1.165) is 27.9 Å². The topological polar surface area (TPSA) is 59.6 Å². The number of para-hydroxylation sites is 1. The molecule has 0 fully saturated rings. The molecule has 0 radical (unpaired) electrons. The van der Waals surface area contributed by atoms with Crippen molar-refractivity contribution < 1.29 is 0 Å². The molecule has 0 atom stereocenters. The minimum absolute atomic E-state index is 0.416. The molecule has 0 saturated carbocycles. The number of halogens is 1. The molecule has 3 aromatic rings. The lowest BCUT2D eigenvalue weighted by Gasteiger charge is -1.99. The highest BCUT2D eigenvalue weighted by Gasteiger charge is 2.18. The minimum Gasteiger partial charge on any atom is -0.369 e. The number of imidazole rings is 1. The Morgan fingerprint density at radius 1 is 1.33 bits per heavy atom. The number of anilines is 1. The van der Waals surface area contributed by atoms with E-state index in [1.54, 1.807) is 11.6 Å². The Kier molecular flexibility index (Phi) is 2.35. The van der Waals surface area contributed by atoms with Crippen molar-refractivity contribution in [1.29, 1.82) is 0 Å². The van der Waals surface area contributed by atoms with Gasteiger partial charge in [0.15, 0.2) is 0 Å². The average molecular weight is 261 g/mol. The molecule has 0 aliphatic heterocycles. The van der Waals surface area contributed by atoms with Crippen molar-refractivity contribution in [3.8, 4) is 11.3 Å². The first-order valence-electron chi connectivity index (χ1n) is 5.65. The van der Waals surface area contributed by atoms with Gasteiger partial charge >= 0.3 is 0 Å². The predicted octanol–water partition coefficient (Wildman–Crippen LogP) is 3.11. The number of rotatable bonds is 1. The summed E-state index contributed by atoms with van der Waals surface area (Å²) in [6.07, 6.45) is 0. The Balaban J connectivity index is 2.37. The molecule has 18 heavy (non-hydrogen) atoms. The third kappa shape index (κ3) is 1.42. The SMILES string of the molecule is Cc1[nH]c2ccccc2c1-c1nc(N)n(C)c1Cl. The molecule has 0 aliphatic rings. The van der Waals surface area contributed by atoms with Crippen LogP contribution >= 0.6 is 11.6 Å². The van der Waals surface area contributed by atoms with Crippen LogP contribution in [0.3, 0.4) is 0 Å². The largest absolute Gasteiger partial charge is 0.369 e. The van der Waals surface area contributed by atoms with Crippen molar-refractivity contribution in [3.05, 3.63) is 35.1 Å². The summed E-state index contributed by atoms with van der Waals surface area (Å²) in [5, 5.41) is 1.66. The van der Waals surface area contributed by atoms with Crippen molar-refractivity contribution in [2.45, 2.75) is 6.92 Å². The molecule has 92 valence electrons. The number of nitrogen functional groups attached to an aromatic ring is 1. The van der Waals surface area contributed by atoms with Crippen LogP contribution in [-0.2, 0) is 7.05 Å². The zero-order valence-electron chi connectivity index (χ0n) is 10.2. The van der Waals surface area contributed by atoms with E-state index in [1.807, 2.05) is 25.1 Å². The number of aromatic amines is 1. The van der Waals surface area contributed by atoms with Crippen LogP contribution in [0.4, 0.5) is 5.95 Å². The standard InChI is InChI=1S/C13H13ClN4/c1-7-10(8-5-3-4-6-9(8)16-7)11-12(14)18(2)13(15)17-11/h3-6,16H,1-2H3,(H2,15,17). The van der Waals surface area contributed by atoms with E-state index in [4.69, 9.17) is 17.3 Å². The summed E-state index contributed by atoms with van der Waals surface area (Å²) < 4.78 is 1.68. The van der Waals surface area contributed by atoms with Crippen molar-refractivity contribution in [2.75, 3.05) is 5.73 Å². The van der Waals surface area contributed by atoms with Gasteiger partial charge in [-0.15, -0.1) is 0 Å². The summed E-state index contributed by atoms with van der Waals surface area (Å²) in [5.41, 5.74) is 9.66. The molecule has 0 aliphatic carbocycles. The second-order valence-electron chi connectivity index (χ2n) is 4.34. The highest BCUT2D eigenvalue weighted by molar-refractivity contribution is 6.32. The van der Waals surface area contributed by atoms with Gasteiger partial charge in [-0.25, -0.2) is 4.98 Å². The van der Waals surface area contributed by atoms with E-state index in [9.17, 15) is 0 Å². The maximum Gasteiger partial charge on any atom is 0.201 e. The van der Waals surface area contributed by atoms with Crippen LogP contribution in [-0.4, -0.2) is 14.5 Å². The number of H-pyrrole nitrogens is 1. The van der Waals surface area contributed by atoms with Gasteiger partial charge in [0, 0.05) is 29.2 Å². The normalized spacial score (nSPS) is 11.3. The Bertz CT molecular complexity index is 739. The first-order valence-corrected chi connectivity index (χ1v) is 6.02. The number of benzene rings is 1. The van der Waals surface area contributed by atoms with Crippen LogP contribution in [0.15, 0.2) is 24.3 Å². The lowest BCUT2D eigenvalue weighted by molar-refractivity contribution is 0.931. The van der Waals surface area contributed by atoms with E-state index >= 15 is 0 Å². The van der Waals surface area contributed by atoms with Crippen molar-refractivity contribution >= 4 is 28.5 Å². The quantitative estimate of drug-likeness (QED) is 0.706. The Labute approximate surface area is 109 Å². The van der Waals surface area contributed by atoms with Crippen molar-refractivity contribution in [3.63, 3.8) is 0 Å². The van der Waals surface area contributed by atoms with Crippen LogP contribution in [0.25, 0.3) is 22.2 Å². The molecule has 5 heteroatoms. The number of nitrogens with one attached hydrogen (secondary N) is 1. The zero-order chi connectivity index (χ0) is 12.9. The summed E-state index contributed by atoms with van der Waals surface area (Å²) >= 11 is 6.28. The number of nitrogens with zero attached hydrogens (tertiary/aromatic N) is 2. The number of aromatic nitrogens is 3. The van der Waals surface area contributed by atoms with E-state index in [2.05, 4.69) is 16.0 Å². The van der Waals surface area contributed by atoms with Crippen LogP contribution in [0.5, 0.6) is 0 Å². The molecule has 0 unspecified atom stereocenters. The molecular weight excluding hydrogens is 248 g/mol. The monoisotopic (exact) mass is 260 g/mol. The maximum absolute atomic E-state index is 6.28. The molecule has 1 aromatic carbocycles. The first kappa shape index (κ1) is 11.2. The average Bonchev–Trinajstić information content (AvgIpc) is 2.80. The summed E-state index contributed by atoms with van der Waals surface area (Å²) in [6, 6.07) is 8.08. The van der Waals surface area contributed by atoms with E-state index in [1.165, 1.54) is 0 Å². The van der Waals surface area contributed by atoms with E-state index < -0.39 is 0 Å². The van der Waals surface area contributed by atoms with Gasteiger partial charge in [-0.3, -0.25) is 0 Å². The molecule has 0 bridgehead atoms. The molecule has 0 saturated heterocycles. The number of hydrogen-bond acceptors (Lipinski definition) is 2. The fourth-order valence-corrected chi connectivity index (χ4v) is 2.46. The van der Waals surface area contributed by atoms with E-state index in [0.29, 0.717) is 11.1 Å². The van der Waals surface area contributed by atoms with Gasteiger partial charge in [-0.05, 0) is 13.0 Å². The van der Waals surface area contributed by atoms with Gasteiger partial charge in [0.25, 0.3) is 0 Å². The van der Waals surface area contributed by atoms with Crippen molar-refractivity contribution in [2.24, 2.45) is 7.05 Å². The highest BCUT2D eigenvalue weighted by Crippen LogP contribution is 2.36. The molecule has 3 N–H and O–H groups in total. The highest BCUT2D eigenvalue weighted by atomic mass is 35.5. The fourth-order valence-electron chi connectivity index (χ4n) is 2.24. The van der Waals surface area contributed by atoms with Gasteiger partial charge in [-0.1, -0.05) is 29.8 Å². The summed E-state index contributed by atoms with van der Waals surface area (Å²) in [7, 11) is 1.80. The lowest BCUT2D eigenvalue weighted by atomic mass is 10.1. The number of nitrogens with two attached hydrogens (primary N) is 1.